The van der Waals surface area contributed by atoms with Crippen molar-refractivity contribution in [2.75, 3.05) is 19.0 Å². The predicted molar refractivity (Wildman–Crippen MR) is 95.2 cm³/mol. The Morgan fingerprint density at radius 1 is 1.16 bits per heavy atom. The average Bonchev–Trinajstić information content (AvgIpc) is 2.58. The Morgan fingerprint density at radius 3 is 2.36 bits per heavy atom. The molecule has 0 saturated carbocycles. The number of nitrogens with one attached hydrogen (secondary N) is 1. The summed E-state index contributed by atoms with van der Waals surface area (Å²) < 4.78 is 36.8. The molecule has 0 spiro atoms. The third kappa shape index (κ3) is 9.93. The molecule has 0 saturated heterocycles. The van der Waals surface area contributed by atoms with Gasteiger partial charge in [-0.05, 0) is 42.7 Å². The van der Waals surface area contributed by atoms with Crippen molar-refractivity contribution in [2.45, 2.75) is 12.8 Å². The van der Waals surface area contributed by atoms with E-state index in [1.165, 1.54) is 5.56 Å². The van der Waals surface area contributed by atoms with Crippen LogP contribution in [-0.4, -0.2) is 31.2 Å². The zero-order valence-corrected chi connectivity index (χ0v) is 14.5. The van der Waals surface area contributed by atoms with Crippen molar-refractivity contribution in [1.82, 2.24) is 0 Å². The molecule has 0 aliphatic carbocycles. The monoisotopic (exact) mass is 366 g/mol. The average molecular weight is 366 g/mol. The van der Waals surface area contributed by atoms with Gasteiger partial charge < -0.3 is 10.1 Å². The third-order valence-corrected chi connectivity index (χ3v) is 3.09. The van der Waals surface area contributed by atoms with Crippen LogP contribution in [0.1, 0.15) is 12.0 Å². The number of benzene rings is 2. The Hall–Kier alpha value is -2.67. The van der Waals surface area contributed by atoms with Crippen LogP contribution in [0.4, 0.5) is 11.4 Å². The van der Waals surface area contributed by atoms with Crippen molar-refractivity contribution in [3.63, 3.8) is 0 Å². The van der Waals surface area contributed by atoms with E-state index >= 15 is 0 Å². The van der Waals surface area contributed by atoms with Crippen LogP contribution >= 0.6 is 0 Å². The summed E-state index contributed by atoms with van der Waals surface area (Å²) in [6.07, 6.45) is 2.05. The number of diazo groups is 1. The Bertz CT molecular complexity index is 793. The summed E-state index contributed by atoms with van der Waals surface area (Å²) in [6, 6.07) is 15.5. The van der Waals surface area contributed by atoms with Crippen molar-refractivity contribution in [2.24, 2.45) is 0 Å². The molecule has 0 unspecified atom stereocenters. The molecule has 0 heterocycles. The molecule has 0 aromatic heterocycles. The van der Waals surface area contributed by atoms with Gasteiger partial charge in [-0.1, -0.05) is 12.1 Å². The number of methoxy groups -OCH3 is 1. The number of nitrogens with zero attached hydrogens (tertiary/aromatic N) is 2. The molecule has 0 aliphatic rings. The third-order valence-electron chi connectivity index (χ3n) is 3.09. The number of hydrogen-bond donors (Lipinski definition) is 3. The Labute approximate surface area is 146 Å². The van der Waals surface area contributed by atoms with Crippen LogP contribution in [-0.2, 0) is 16.8 Å². The molecule has 0 bridgehead atoms. The maximum atomic E-state index is 8.74. The molecule has 2 aromatic carbocycles. The lowest BCUT2D eigenvalue weighted by molar-refractivity contribution is 0.381. The van der Waals surface area contributed by atoms with Gasteiger partial charge in [-0.2, -0.15) is 8.42 Å². The van der Waals surface area contributed by atoms with E-state index in [9.17, 15) is 0 Å². The number of aryl methyl sites for hydroxylation is 1. The summed E-state index contributed by atoms with van der Waals surface area (Å²) in [6.45, 7) is 0.896. The van der Waals surface area contributed by atoms with Crippen molar-refractivity contribution in [3.8, 4) is 5.75 Å². The highest BCUT2D eigenvalue weighted by Gasteiger charge is 2.02. The van der Waals surface area contributed by atoms with Gasteiger partial charge in [0, 0.05) is 24.4 Å². The van der Waals surface area contributed by atoms with Crippen LogP contribution < -0.4 is 10.1 Å². The van der Waals surface area contributed by atoms with Crippen molar-refractivity contribution < 1.29 is 22.3 Å². The lowest BCUT2D eigenvalue weighted by Gasteiger charge is -2.07. The second kappa shape index (κ2) is 10.2. The Morgan fingerprint density at radius 2 is 1.80 bits per heavy atom. The molecular weight excluding hydrogens is 346 g/mol. The highest BCUT2D eigenvalue weighted by atomic mass is 32.3. The van der Waals surface area contributed by atoms with Gasteiger partial charge in [0.05, 0.1) is 7.11 Å². The molecule has 8 nitrogen and oxygen atoms in total. The van der Waals surface area contributed by atoms with Gasteiger partial charge in [0.2, 0.25) is 5.39 Å². The molecule has 9 heteroatoms. The van der Waals surface area contributed by atoms with Crippen LogP contribution in [0, 0.1) is 5.39 Å². The van der Waals surface area contributed by atoms with E-state index in [4.69, 9.17) is 27.7 Å². The Kier molecular flexibility index (Phi) is 8.35. The van der Waals surface area contributed by atoms with Crippen LogP contribution in [0.2, 0.25) is 0 Å². The SMILES string of the molecule is COc1cccc(CCCNc2ccc([N+]#N)cc2)c1.O=S(=O)(O)O. The van der Waals surface area contributed by atoms with Crippen LogP contribution in [0.3, 0.4) is 0 Å². The topological polar surface area (TPSA) is 124 Å². The lowest BCUT2D eigenvalue weighted by Crippen LogP contribution is -2.02. The minimum Gasteiger partial charge on any atom is -0.497 e. The summed E-state index contributed by atoms with van der Waals surface area (Å²) in [7, 11) is -2.98. The first-order chi connectivity index (χ1) is 11.8. The summed E-state index contributed by atoms with van der Waals surface area (Å²) >= 11 is 0. The first-order valence-electron chi connectivity index (χ1n) is 7.33. The molecule has 0 amide bonds. The lowest BCUT2D eigenvalue weighted by atomic mass is 10.1. The van der Waals surface area contributed by atoms with Gasteiger partial charge in [-0.15, -0.1) is 0 Å². The van der Waals surface area contributed by atoms with Gasteiger partial charge in [0.1, 0.15) is 5.75 Å². The van der Waals surface area contributed by atoms with Crippen molar-refractivity contribution in [1.29, 1.82) is 5.39 Å². The largest absolute Gasteiger partial charge is 0.497 e. The second-order valence-corrected chi connectivity index (χ2v) is 5.87. The highest BCUT2D eigenvalue weighted by molar-refractivity contribution is 7.79. The fourth-order valence-electron chi connectivity index (χ4n) is 2.00. The molecule has 25 heavy (non-hydrogen) atoms. The zero-order chi connectivity index (χ0) is 18.7. The smallest absolute Gasteiger partial charge is 0.394 e. The minimum absolute atomic E-state index is 0.562. The molecule has 0 radical (unpaired) electrons. The van der Waals surface area contributed by atoms with Crippen LogP contribution in [0.15, 0.2) is 48.5 Å². The summed E-state index contributed by atoms with van der Waals surface area (Å²) in [4.78, 5) is 3.12. The molecule has 2 aromatic rings. The van der Waals surface area contributed by atoms with E-state index in [-0.39, 0.29) is 0 Å². The summed E-state index contributed by atoms with van der Waals surface area (Å²) in [5.74, 6) is 0.902. The minimum atomic E-state index is -4.67. The van der Waals surface area contributed by atoms with E-state index in [1.54, 1.807) is 19.2 Å². The standard InChI is InChI=1S/C16H18N3O.H2O4S/c1-20-16-6-2-4-13(12-16)5-3-11-18-14-7-9-15(19-17)10-8-14;1-5(2,3)4/h2,4,6-10,12,18H,3,5,11H2,1H3;(H2,1,2,3,4)/q+1;. The number of anilines is 1. The highest BCUT2D eigenvalue weighted by Crippen LogP contribution is 2.16. The van der Waals surface area contributed by atoms with Crippen molar-refractivity contribution in [3.05, 3.63) is 59.1 Å². The van der Waals surface area contributed by atoms with E-state index in [2.05, 4.69) is 22.4 Å². The summed E-state index contributed by atoms with van der Waals surface area (Å²) in [5.41, 5.74) is 2.87. The molecular formula is C16H20N3O5S+. The molecule has 0 atom stereocenters. The number of ether oxygens (including phenoxy) is 1. The van der Waals surface area contributed by atoms with E-state index in [0.29, 0.717) is 5.69 Å². The van der Waals surface area contributed by atoms with Gasteiger partial charge >= 0.3 is 16.1 Å². The van der Waals surface area contributed by atoms with E-state index < -0.39 is 10.4 Å². The Balaban J connectivity index is 0.000000550. The predicted octanol–water partition coefficient (Wildman–Crippen LogP) is 3.57. The van der Waals surface area contributed by atoms with Gasteiger partial charge in [0.25, 0.3) is 0 Å². The van der Waals surface area contributed by atoms with Gasteiger partial charge in [0.15, 0.2) is 4.98 Å². The molecule has 134 valence electrons. The maximum absolute atomic E-state index is 8.74. The molecule has 3 N–H and O–H groups in total. The fraction of sp³-hybridized carbons (Fsp3) is 0.250. The first-order valence-corrected chi connectivity index (χ1v) is 8.73. The summed E-state index contributed by atoms with van der Waals surface area (Å²) in [5, 5.41) is 11.9. The van der Waals surface area contributed by atoms with Gasteiger partial charge in [-0.3, -0.25) is 9.11 Å². The second-order valence-electron chi connectivity index (χ2n) is 4.98. The van der Waals surface area contributed by atoms with E-state index in [1.807, 2.05) is 24.3 Å². The van der Waals surface area contributed by atoms with Crippen molar-refractivity contribution >= 4 is 21.8 Å². The fourth-order valence-corrected chi connectivity index (χ4v) is 2.00. The molecule has 2 rings (SSSR count). The maximum Gasteiger partial charge on any atom is 0.394 e. The number of rotatable bonds is 6. The molecule has 0 aliphatic heterocycles. The molecule has 0 fully saturated rings. The van der Waals surface area contributed by atoms with Gasteiger partial charge in [-0.25, -0.2) is 0 Å². The number of hydrogen-bond acceptors (Lipinski definition) is 5. The quantitative estimate of drug-likeness (QED) is 0.405. The van der Waals surface area contributed by atoms with Crippen LogP contribution in [0.25, 0.3) is 4.98 Å². The van der Waals surface area contributed by atoms with E-state index in [0.717, 1.165) is 30.8 Å². The first kappa shape index (κ1) is 20.4. The zero-order valence-electron chi connectivity index (χ0n) is 13.7. The van der Waals surface area contributed by atoms with Crippen LogP contribution in [0.5, 0.6) is 5.75 Å². The normalized spacial score (nSPS) is 10.2.